The van der Waals surface area contributed by atoms with E-state index in [0.29, 0.717) is 11.5 Å². The second-order valence-corrected chi connectivity index (χ2v) is 4.07. The SMILES string of the molecule is N#Cc1ccccc1OCC1CCCC1. The van der Waals surface area contributed by atoms with Gasteiger partial charge in [0, 0.05) is 0 Å². The first-order valence-corrected chi connectivity index (χ1v) is 5.52. The van der Waals surface area contributed by atoms with Gasteiger partial charge >= 0.3 is 0 Å². The van der Waals surface area contributed by atoms with Crippen LogP contribution in [-0.4, -0.2) is 6.61 Å². The quantitative estimate of drug-likeness (QED) is 0.752. The van der Waals surface area contributed by atoms with Crippen molar-refractivity contribution in [2.75, 3.05) is 6.61 Å². The first kappa shape index (κ1) is 10.0. The van der Waals surface area contributed by atoms with Crippen LogP contribution in [0.1, 0.15) is 31.2 Å². The Labute approximate surface area is 90.5 Å². The maximum Gasteiger partial charge on any atom is 0.137 e. The Hall–Kier alpha value is -1.49. The van der Waals surface area contributed by atoms with E-state index in [4.69, 9.17) is 10.00 Å². The molecule has 0 heterocycles. The van der Waals surface area contributed by atoms with Crippen LogP contribution in [0.15, 0.2) is 24.3 Å². The van der Waals surface area contributed by atoms with Gasteiger partial charge in [-0.25, -0.2) is 0 Å². The lowest BCUT2D eigenvalue weighted by Crippen LogP contribution is -2.08. The number of benzene rings is 1. The topological polar surface area (TPSA) is 33.0 Å². The van der Waals surface area contributed by atoms with Gasteiger partial charge in [-0.2, -0.15) is 5.26 Å². The molecule has 0 aliphatic heterocycles. The Bertz CT molecular complexity index is 361. The highest BCUT2D eigenvalue weighted by molar-refractivity contribution is 5.42. The van der Waals surface area contributed by atoms with Gasteiger partial charge in [-0.05, 0) is 30.9 Å². The van der Waals surface area contributed by atoms with Gasteiger partial charge in [0.25, 0.3) is 0 Å². The highest BCUT2D eigenvalue weighted by Gasteiger charge is 2.15. The highest BCUT2D eigenvalue weighted by Crippen LogP contribution is 2.26. The van der Waals surface area contributed by atoms with Crippen LogP contribution in [0, 0.1) is 17.2 Å². The molecule has 2 heteroatoms. The van der Waals surface area contributed by atoms with E-state index in [-0.39, 0.29) is 0 Å². The van der Waals surface area contributed by atoms with Gasteiger partial charge in [0.2, 0.25) is 0 Å². The van der Waals surface area contributed by atoms with Crippen molar-refractivity contribution in [2.45, 2.75) is 25.7 Å². The minimum absolute atomic E-state index is 0.635. The van der Waals surface area contributed by atoms with Gasteiger partial charge in [-0.15, -0.1) is 0 Å². The van der Waals surface area contributed by atoms with Crippen molar-refractivity contribution in [2.24, 2.45) is 5.92 Å². The smallest absolute Gasteiger partial charge is 0.137 e. The zero-order chi connectivity index (χ0) is 10.5. The summed E-state index contributed by atoms with van der Waals surface area (Å²) in [7, 11) is 0. The summed E-state index contributed by atoms with van der Waals surface area (Å²) < 4.78 is 5.69. The van der Waals surface area contributed by atoms with E-state index < -0.39 is 0 Å². The summed E-state index contributed by atoms with van der Waals surface area (Å²) in [5.74, 6) is 1.42. The zero-order valence-electron chi connectivity index (χ0n) is 8.78. The number of nitrogens with zero attached hydrogens (tertiary/aromatic N) is 1. The number of ether oxygens (including phenoxy) is 1. The van der Waals surface area contributed by atoms with E-state index in [0.717, 1.165) is 12.4 Å². The minimum atomic E-state index is 0.635. The van der Waals surface area contributed by atoms with Crippen LogP contribution in [-0.2, 0) is 0 Å². The maximum absolute atomic E-state index is 8.88. The van der Waals surface area contributed by atoms with Crippen LogP contribution in [0.4, 0.5) is 0 Å². The standard InChI is InChI=1S/C13H15NO/c14-9-12-7-3-4-8-13(12)15-10-11-5-1-2-6-11/h3-4,7-8,11H,1-2,5-6,10H2. The Morgan fingerprint density at radius 1 is 1.27 bits per heavy atom. The summed E-state index contributed by atoms with van der Waals surface area (Å²) in [4.78, 5) is 0. The molecule has 0 atom stereocenters. The third-order valence-corrected chi connectivity index (χ3v) is 2.96. The molecular weight excluding hydrogens is 186 g/mol. The molecular formula is C13H15NO. The molecule has 1 aromatic rings. The van der Waals surface area contributed by atoms with Crippen molar-refractivity contribution in [3.05, 3.63) is 29.8 Å². The van der Waals surface area contributed by atoms with Gasteiger partial charge < -0.3 is 4.74 Å². The molecule has 0 amide bonds. The van der Waals surface area contributed by atoms with Gasteiger partial charge in [0.15, 0.2) is 0 Å². The Balaban J connectivity index is 1.95. The molecule has 0 bridgehead atoms. The molecule has 78 valence electrons. The predicted molar refractivity (Wildman–Crippen MR) is 58.6 cm³/mol. The fourth-order valence-electron chi connectivity index (χ4n) is 2.07. The molecule has 1 aliphatic rings. The molecule has 1 fully saturated rings. The van der Waals surface area contributed by atoms with Crippen molar-refractivity contribution in [1.82, 2.24) is 0 Å². The van der Waals surface area contributed by atoms with Gasteiger partial charge in [0.1, 0.15) is 11.8 Å². The Morgan fingerprint density at radius 3 is 2.73 bits per heavy atom. The molecule has 1 aromatic carbocycles. The highest BCUT2D eigenvalue weighted by atomic mass is 16.5. The number of rotatable bonds is 3. The maximum atomic E-state index is 8.88. The Kier molecular flexibility index (Phi) is 3.24. The van der Waals surface area contributed by atoms with Crippen molar-refractivity contribution >= 4 is 0 Å². The number of nitriles is 1. The van der Waals surface area contributed by atoms with E-state index in [2.05, 4.69) is 6.07 Å². The van der Waals surface area contributed by atoms with Crippen LogP contribution in [0.3, 0.4) is 0 Å². The summed E-state index contributed by atoms with van der Waals surface area (Å²) in [5, 5.41) is 8.88. The van der Waals surface area contributed by atoms with E-state index >= 15 is 0 Å². The van der Waals surface area contributed by atoms with Crippen LogP contribution in [0.2, 0.25) is 0 Å². The average Bonchev–Trinajstić information content (AvgIpc) is 2.79. The van der Waals surface area contributed by atoms with E-state index in [9.17, 15) is 0 Å². The molecule has 15 heavy (non-hydrogen) atoms. The van der Waals surface area contributed by atoms with E-state index in [1.165, 1.54) is 25.7 Å². The summed E-state index contributed by atoms with van der Waals surface area (Å²) in [5.41, 5.74) is 0.635. The first-order chi connectivity index (χ1) is 7.40. The second kappa shape index (κ2) is 4.84. The second-order valence-electron chi connectivity index (χ2n) is 4.07. The summed E-state index contributed by atoms with van der Waals surface area (Å²) in [6, 6.07) is 9.58. The Morgan fingerprint density at radius 2 is 2.00 bits per heavy atom. The van der Waals surface area contributed by atoms with Gasteiger partial charge in [0.05, 0.1) is 12.2 Å². The van der Waals surface area contributed by atoms with E-state index in [1.54, 1.807) is 6.07 Å². The first-order valence-electron chi connectivity index (χ1n) is 5.52. The van der Waals surface area contributed by atoms with Crippen LogP contribution >= 0.6 is 0 Å². The van der Waals surface area contributed by atoms with Crippen LogP contribution < -0.4 is 4.74 Å². The normalized spacial score (nSPS) is 16.2. The lowest BCUT2D eigenvalue weighted by molar-refractivity contribution is 0.251. The molecule has 0 radical (unpaired) electrons. The lowest BCUT2D eigenvalue weighted by Gasteiger charge is -2.11. The van der Waals surface area contributed by atoms with Crippen molar-refractivity contribution in [3.63, 3.8) is 0 Å². The van der Waals surface area contributed by atoms with Crippen LogP contribution in [0.5, 0.6) is 5.75 Å². The molecule has 2 nitrogen and oxygen atoms in total. The molecule has 0 spiro atoms. The molecule has 0 N–H and O–H groups in total. The lowest BCUT2D eigenvalue weighted by atomic mass is 10.1. The van der Waals surface area contributed by atoms with Crippen molar-refractivity contribution < 1.29 is 4.74 Å². The third kappa shape index (κ3) is 2.50. The molecule has 1 aliphatic carbocycles. The summed E-state index contributed by atoms with van der Waals surface area (Å²) in [6.07, 6.45) is 5.20. The average molecular weight is 201 g/mol. The molecule has 2 rings (SSSR count). The molecule has 0 aromatic heterocycles. The van der Waals surface area contributed by atoms with Crippen molar-refractivity contribution in [3.8, 4) is 11.8 Å². The zero-order valence-corrected chi connectivity index (χ0v) is 8.78. The number of hydrogen-bond acceptors (Lipinski definition) is 2. The molecule has 1 saturated carbocycles. The van der Waals surface area contributed by atoms with Gasteiger partial charge in [-0.1, -0.05) is 25.0 Å². The molecule has 0 unspecified atom stereocenters. The van der Waals surface area contributed by atoms with Crippen LogP contribution in [0.25, 0.3) is 0 Å². The molecule has 0 saturated heterocycles. The summed E-state index contributed by atoms with van der Waals surface area (Å²) in [6.45, 7) is 0.763. The predicted octanol–water partition coefficient (Wildman–Crippen LogP) is 3.13. The largest absolute Gasteiger partial charge is 0.492 e. The van der Waals surface area contributed by atoms with Gasteiger partial charge in [-0.3, -0.25) is 0 Å². The fourth-order valence-corrected chi connectivity index (χ4v) is 2.07. The van der Waals surface area contributed by atoms with E-state index in [1.807, 2.05) is 18.2 Å². The number of para-hydroxylation sites is 1. The summed E-state index contributed by atoms with van der Waals surface area (Å²) >= 11 is 0. The minimum Gasteiger partial charge on any atom is -0.492 e. The number of hydrogen-bond donors (Lipinski definition) is 0. The van der Waals surface area contributed by atoms with Crippen molar-refractivity contribution in [1.29, 1.82) is 5.26 Å². The third-order valence-electron chi connectivity index (χ3n) is 2.96. The fraction of sp³-hybridized carbons (Fsp3) is 0.462. The monoisotopic (exact) mass is 201 g/mol.